The number of nitrogens with zero attached hydrogens (tertiary/aromatic N) is 2. The predicted octanol–water partition coefficient (Wildman–Crippen LogP) is 1.77. The molecule has 0 radical (unpaired) electrons. The highest BCUT2D eigenvalue weighted by Gasteiger charge is 2.27. The van der Waals surface area contributed by atoms with Crippen LogP contribution in [0.3, 0.4) is 0 Å². The lowest BCUT2D eigenvalue weighted by molar-refractivity contribution is -0.134. The summed E-state index contributed by atoms with van der Waals surface area (Å²) in [5.74, 6) is 0.492. The SMILES string of the molecule is CC(CC(=O)N1CCNCC1C#N)CC(C)(C)C. The largest absolute Gasteiger partial charge is 0.324 e. The summed E-state index contributed by atoms with van der Waals surface area (Å²) in [5.41, 5.74) is 0.248. The Morgan fingerprint density at radius 1 is 1.56 bits per heavy atom. The molecule has 4 heteroatoms. The van der Waals surface area contributed by atoms with Crippen molar-refractivity contribution in [2.45, 2.75) is 46.6 Å². The second kappa shape index (κ2) is 6.19. The number of rotatable bonds is 3. The molecular weight excluding hydrogens is 226 g/mol. The quantitative estimate of drug-likeness (QED) is 0.831. The lowest BCUT2D eigenvalue weighted by atomic mass is 9.84. The summed E-state index contributed by atoms with van der Waals surface area (Å²) in [5, 5.41) is 12.2. The van der Waals surface area contributed by atoms with Crippen LogP contribution in [0.15, 0.2) is 0 Å². The van der Waals surface area contributed by atoms with Crippen molar-refractivity contribution in [3.05, 3.63) is 0 Å². The van der Waals surface area contributed by atoms with Crippen LogP contribution in [-0.2, 0) is 4.79 Å². The standard InChI is InChI=1S/C14H25N3O/c1-11(8-14(2,3)4)7-13(18)17-6-5-16-10-12(17)9-15/h11-12,16H,5-8,10H2,1-4H3. The van der Waals surface area contributed by atoms with Gasteiger partial charge in [0.2, 0.25) is 5.91 Å². The highest BCUT2D eigenvalue weighted by Crippen LogP contribution is 2.26. The smallest absolute Gasteiger partial charge is 0.223 e. The summed E-state index contributed by atoms with van der Waals surface area (Å²) in [6.07, 6.45) is 1.58. The zero-order valence-corrected chi connectivity index (χ0v) is 12.0. The Morgan fingerprint density at radius 2 is 2.22 bits per heavy atom. The fraction of sp³-hybridized carbons (Fsp3) is 0.857. The molecule has 1 aliphatic heterocycles. The molecule has 102 valence electrons. The molecule has 0 bridgehead atoms. The van der Waals surface area contributed by atoms with Crippen LogP contribution in [0.5, 0.6) is 0 Å². The van der Waals surface area contributed by atoms with Crippen LogP contribution in [0.2, 0.25) is 0 Å². The van der Waals surface area contributed by atoms with Gasteiger partial charge in [0.1, 0.15) is 6.04 Å². The number of hydrogen-bond acceptors (Lipinski definition) is 3. The van der Waals surface area contributed by atoms with Crippen LogP contribution < -0.4 is 5.32 Å². The minimum Gasteiger partial charge on any atom is -0.324 e. The molecule has 18 heavy (non-hydrogen) atoms. The van der Waals surface area contributed by atoms with Crippen LogP contribution >= 0.6 is 0 Å². The van der Waals surface area contributed by atoms with Crippen molar-refractivity contribution in [3.63, 3.8) is 0 Å². The second-order valence-electron chi connectivity index (χ2n) is 6.51. The molecule has 1 fully saturated rings. The monoisotopic (exact) mass is 251 g/mol. The zero-order chi connectivity index (χ0) is 13.8. The molecule has 2 unspecified atom stereocenters. The molecule has 2 atom stereocenters. The predicted molar refractivity (Wildman–Crippen MR) is 71.8 cm³/mol. The van der Waals surface area contributed by atoms with Gasteiger partial charge in [0.05, 0.1) is 6.07 Å². The summed E-state index contributed by atoms with van der Waals surface area (Å²) < 4.78 is 0. The minimum absolute atomic E-state index is 0.125. The third-order valence-electron chi connectivity index (χ3n) is 3.20. The number of nitriles is 1. The minimum atomic E-state index is -0.298. The Bertz CT molecular complexity index is 327. The fourth-order valence-electron chi connectivity index (χ4n) is 2.65. The fourth-order valence-corrected chi connectivity index (χ4v) is 2.65. The van der Waals surface area contributed by atoms with Crippen molar-refractivity contribution < 1.29 is 4.79 Å². The van der Waals surface area contributed by atoms with Crippen molar-refractivity contribution in [1.29, 1.82) is 5.26 Å². The molecule has 0 aromatic heterocycles. The first kappa shape index (κ1) is 15.0. The third-order valence-corrected chi connectivity index (χ3v) is 3.20. The molecule has 1 saturated heterocycles. The molecule has 4 nitrogen and oxygen atoms in total. The van der Waals surface area contributed by atoms with E-state index in [4.69, 9.17) is 5.26 Å². The number of amides is 1. The van der Waals surface area contributed by atoms with E-state index in [1.165, 1.54) is 0 Å². The van der Waals surface area contributed by atoms with E-state index in [-0.39, 0.29) is 17.4 Å². The lowest BCUT2D eigenvalue weighted by Gasteiger charge is -2.33. The van der Waals surface area contributed by atoms with Gasteiger partial charge in [-0.1, -0.05) is 27.7 Å². The Balaban J connectivity index is 2.51. The number of carbonyl (C=O) groups is 1. The van der Waals surface area contributed by atoms with Gasteiger partial charge in [-0.05, 0) is 17.8 Å². The highest BCUT2D eigenvalue weighted by atomic mass is 16.2. The van der Waals surface area contributed by atoms with Gasteiger partial charge in [-0.3, -0.25) is 4.79 Å². The molecule has 0 saturated carbocycles. The van der Waals surface area contributed by atoms with Gasteiger partial charge in [-0.15, -0.1) is 0 Å². The van der Waals surface area contributed by atoms with E-state index in [9.17, 15) is 4.79 Å². The van der Waals surface area contributed by atoms with E-state index < -0.39 is 0 Å². The molecule has 1 heterocycles. The van der Waals surface area contributed by atoms with Crippen LogP contribution in [0.1, 0.15) is 40.5 Å². The molecule has 0 aromatic rings. The van der Waals surface area contributed by atoms with Gasteiger partial charge >= 0.3 is 0 Å². The number of nitrogens with one attached hydrogen (secondary N) is 1. The van der Waals surface area contributed by atoms with Gasteiger partial charge in [-0.2, -0.15) is 5.26 Å². The van der Waals surface area contributed by atoms with Crippen LogP contribution in [0, 0.1) is 22.7 Å². The summed E-state index contributed by atoms with van der Waals surface area (Å²) in [4.78, 5) is 13.9. The van der Waals surface area contributed by atoms with E-state index >= 15 is 0 Å². The van der Waals surface area contributed by atoms with Crippen molar-refractivity contribution in [2.24, 2.45) is 11.3 Å². The lowest BCUT2D eigenvalue weighted by Crippen LogP contribution is -2.53. The van der Waals surface area contributed by atoms with E-state index in [2.05, 4.69) is 39.1 Å². The first-order chi connectivity index (χ1) is 8.33. The normalized spacial score (nSPS) is 22.4. The van der Waals surface area contributed by atoms with Gasteiger partial charge in [0.25, 0.3) is 0 Å². The summed E-state index contributed by atoms with van der Waals surface area (Å²) >= 11 is 0. The topological polar surface area (TPSA) is 56.1 Å². The molecule has 1 rings (SSSR count). The highest BCUT2D eigenvalue weighted by molar-refractivity contribution is 5.77. The molecule has 0 aromatic carbocycles. The van der Waals surface area contributed by atoms with Gasteiger partial charge < -0.3 is 10.2 Å². The summed E-state index contributed by atoms with van der Waals surface area (Å²) in [7, 11) is 0. The molecule has 1 amide bonds. The first-order valence-electron chi connectivity index (χ1n) is 6.73. The zero-order valence-electron chi connectivity index (χ0n) is 12.0. The molecule has 0 aliphatic carbocycles. The van der Waals surface area contributed by atoms with Gasteiger partial charge in [0, 0.05) is 26.1 Å². The summed E-state index contributed by atoms with van der Waals surface area (Å²) in [6.45, 7) is 10.7. The van der Waals surface area contributed by atoms with Crippen molar-refractivity contribution in [2.75, 3.05) is 19.6 Å². The maximum Gasteiger partial charge on any atom is 0.223 e. The third kappa shape index (κ3) is 4.66. The Kier molecular flexibility index (Phi) is 5.15. The maximum absolute atomic E-state index is 12.2. The van der Waals surface area contributed by atoms with Crippen molar-refractivity contribution in [1.82, 2.24) is 10.2 Å². The first-order valence-corrected chi connectivity index (χ1v) is 6.73. The second-order valence-corrected chi connectivity index (χ2v) is 6.51. The number of hydrogen-bond donors (Lipinski definition) is 1. The van der Waals surface area contributed by atoms with Crippen molar-refractivity contribution >= 4 is 5.91 Å². The van der Waals surface area contributed by atoms with Crippen LogP contribution in [0.25, 0.3) is 0 Å². The Morgan fingerprint density at radius 3 is 2.78 bits per heavy atom. The van der Waals surface area contributed by atoms with Gasteiger partial charge in [0.15, 0.2) is 0 Å². The van der Waals surface area contributed by atoms with E-state index in [0.29, 0.717) is 25.4 Å². The van der Waals surface area contributed by atoms with Gasteiger partial charge in [-0.25, -0.2) is 0 Å². The maximum atomic E-state index is 12.2. The number of piperazine rings is 1. The van der Waals surface area contributed by atoms with Crippen LogP contribution in [0.4, 0.5) is 0 Å². The molecule has 0 spiro atoms. The van der Waals surface area contributed by atoms with E-state index in [1.54, 1.807) is 4.90 Å². The van der Waals surface area contributed by atoms with E-state index in [1.807, 2.05) is 0 Å². The average Bonchev–Trinajstić information content (AvgIpc) is 2.26. The van der Waals surface area contributed by atoms with E-state index in [0.717, 1.165) is 13.0 Å². The number of carbonyl (C=O) groups excluding carboxylic acids is 1. The van der Waals surface area contributed by atoms with Crippen molar-refractivity contribution in [3.8, 4) is 6.07 Å². The molecule has 1 aliphatic rings. The van der Waals surface area contributed by atoms with Crippen LogP contribution in [-0.4, -0.2) is 36.5 Å². The Hall–Kier alpha value is -1.08. The Labute approximate surface area is 110 Å². The molecular formula is C14H25N3O. The molecule has 1 N–H and O–H groups in total. The summed E-state index contributed by atoms with van der Waals surface area (Å²) in [6, 6.07) is 1.90. The average molecular weight is 251 g/mol.